The minimum atomic E-state index is -1.01. The standard InChI is InChI=1S/C13H10.C12H10O.C8H13Si.2ClH.Ti/c1-3-7-12(8-4-1)11-13-9-5-2-6-10-13;13-12-8-4-7-11(9-12)10-5-2-1-3-6-10;1-9(2,3)8-6-4-5-7-8;;;/h1-10H;1-9,13H;4,6H,5H2,1-3H3;2*1H;/q;;-1;;;+1/p-2. The van der Waals surface area contributed by atoms with Crippen LogP contribution < -0.4 is 24.8 Å². The predicted molar refractivity (Wildman–Crippen MR) is 153 cm³/mol. The fourth-order valence-electron chi connectivity index (χ4n) is 3.61. The van der Waals surface area contributed by atoms with E-state index in [9.17, 15) is 5.11 Å². The molecule has 0 unspecified atom stereocenters. The molecule has 1 aliphatic rings. The molecule has 4 aromatic carbocycles. The molecule has 1 N–H and O–H groups in total. The summed E-state index contributed by atoms with van der Waals surface area (Å²) >= 11 is 2.16. The van der Waals surface area contributed by atoms with E-state index in [2.05, 4.69) is 106 Å². The monoisotopic (exact) mass is 591 g/mol. The van der Waals surface area contributed by atoms with Crippen LogP contribution in [0.15, 0.2) is 133 Å². The van der Waals surface area contributed by atoms with E-state index in [0.29, 0.717) is 5.75 Å². The summed E-state index contributed by atoms with van der Waals surface area (Å²) in [4.78, 5) is 0. The van der Waals surface area contributed by atoms with Crippen LogP contribution in [0.25, 0.3) is 11.1 Å². The van der Waals surface area contributed by atoms with Gasteiger partial charge in [-0.25, -0.2) is 11.3 Å². The first-order chi connectivity index (χ1) is 17.3. The van der Waals surface area contributed by atoms with Crippen molar-refractivity contribution in [2.75, 3.05) is 0 Å². The second-order valence-electron chi connectivity index (χ2n) is 9.47. The third-order valence-corrected chi connectivity index (χ3v) is 8.44. The SMILES string of the molecule is C[Si](C)(C)C1=[C-]CC=C1.Oc1cccc(-c2ccccc2)c1.[Cl-].[Cl-].[Ti+]=[C](c1ccccc1)c1ccccc1. The zero-order valence-electron chi connectivity index (χ0n) is 22.0. The van der Waals surface area contributed by atoms with E-state index in [1.54, 1.807) is 12.1 Å². The van der Waals surface area contributed by atoms with Crippen LogP contribution in [-0.4, -0.2) is 17.0 Å². The number of hydrogen-bond acceptors (Lipinski definition) is 1. The van der Waals surface area contributed by atoms with Crippen molar-refractivity contribution >= 4 is 11.9 Å². The topological polar surface area (TPSA) is 20.2 Å². The summed E-state index contributed by atoms with van der Waals surface area (Å²) in [6, 6.07) is 38.2. The second-order valence-corrected chi connectivity index (χ2v) is 15.3. The Morgan fingerprint density at radius 3 is 1.55 bits per heavy atom. The summed E-state index contributed by atoms with van der Waals surface area (Å²) in [5.41, 5.74) is 4.75. The maximum absolute atomic E-state index is 9.27. The number of rotatable bonds is 4. The molecule has 0 aromatic heterocycles. The molecule has 0 radical (unpaired) electrons. The van der Waals surface area contributed by atoms with E-state index in [-0.39, 0.29) is 24.8 Å². The fraction of sp³-hybridized carbons (Fsp3) is 0.121. The Labute approximate surface area is 253 Å². The maximum atomic E-state index is 9.27. The molecule has 0 saturated heterocycles. The fourth-order valence-corrected chi connectivity index (χ4v) is 5.38. The summed E-state index contributed by atoms with van der Waals surface area (Å²) in [6.45, 7) is 7.06. The molecule has 4 aromatic rings. The molecule has 0 amide bonds. The summed E-state index contributed by atoms with van der Waals surface area (Å²) < 4.78 is 1.33. The number of phenolic OH excluding ortho intramolecular Hbond substituents is 1. The molecule has 5 rings (SSSR count). The summed E-state index contributed by atoms with van der Waals surface area (Å²) in [7, 11) is -1.01. The third-order valence-electron chi connectivity index (χ3n) is 5.58. The first-order valence-electron chi connectivity index (χ1n) is 12.2. The van der Waals surface area contributed by atoms with Crippen LogP contribution in [0.5, 0.6) is 5.75 Å². The predicted octanol–water partition coefficient (Wildman–Crippen LogP) is 2.42. The molecule has 0 saturated carbocycles. The van der Waals surface area contributed by atoms with Gasteiger partial charge in [0.05, 0.1) is 0 Å². The van der Waals surface area contributed by atoms with E-state index in [1.165, 1.54) is 20.1 Å². The number of aromatic hydroxyl groups is 1. The molecule has 38 heavy (non-hydrogen) atoms. The number of allylic oxidation sites excluding steroid dienone is 4. The number of phenols is 1. The Kier molecular flexibility index (Phi) is 15.2. The molecular weight excluding hydrogens is 559 g/mol. The van der Waals surface area contributed by atoms with Gasteiger partial charge in [-0.15, -0.1) is 6.42 Å². The van der Waals surface area contributed by atoms with Crippen molar-refractivity contribution in [1.82, 2.24) is 0 Å². The Morgan fingerprint density at radius 1 is 0.684 bits per heavy atom. The van der Waals surface area contributed by atoms with Gasteiger partial charge < -0.3 is 29.9 Å². The first kappa shape index (κ1) is 33.6. The molecule has 0 atom stereocenters. The van der Waals surface area contributed by atoms with E-state index in [1.807, 2.05) is 54.6 Å². The molecule has 1 aliphatic carbocycles. The first-order valence-corrected chi connectivity index (χ1v) is 16.4. The van der Waals surface area contributed by atoms with Gasteiger partial charge in [0.25, 0.3) is 0 Å². The summed E-state index contributed by atoms with van der Waals surface area (Å²) in [5, 5.41) is 10.8. The Hall–Kier alpha value is -2.46. The zero-order chi connectivity index (χ0) is 25.8. The van der Waals surface area contributed by atoms with Crippen molar-refractivity contribution in [2.45, 2.75) is 26.1 Å². The molecule has 0 bridgehead atoms. The molecule has 1 nitrogen and oxygen atoms in total. The summed E-state index contributed by atoms with van der Waals surface area (Å²) in [5.74, 6) is 0.307. The molecule has 0 fully saturated rings. The number of hydrogen-bond donors (Lipinski definition) is 1. The van der Waals surface area contributed by atoms with Crippen LogP contribution >= 0.6 is 0 Å². The normalized spacial score (nSPS) is 11.3. The molecule has 5 heteroatoms. The Bertz CT molecular complexity index is 1260. The Morgan fingerprint density at radius 2 is 1.16 bits per heavy atom. The quantitative estimate of drug-likeness (QED) is 0.285. The van der Waals surface area contributed by atoms with E-state index in [4.69, 9.17) is 0 Å². The second kappa shape index (κ2) is 17.2. The molecule has 0 aliphatic heterocycles. The van der Waals surface area contributed by atoms with Crippen molar-refractivity contribution in [3.8, 4) is 16.9 Å². The Balaban J connectivity index is 0.000000284. The molecule has 0 spiro atoms. The summed E-state index contributed by atoms with van der Waals surface area (Å²) in [6.07, 6.45) is 8.82. The van der Waals surface area contributed by atoms with Crippen molar-refractivity contribution < 1.29 is 49.9 Å². The van der Waals surface area contributed by atoms with Gasteiger partial charge in [-0.05, 0) is 23.3 Å². The van der Waals surface area contributed by atoms with Crippen LogP contribution in [0.1, 0.15) is 17.5 Å². The van der Waals surface area contributed by atoms with Crippen molar-refractivity contribution in [1.29, 1.82) is 0 Å². The van der Waals surface area contributed by atoms with Crippen LogP contribution in [-0.2, 0) is 20.0 Å². The van der Waals surface area contributed by atoms with Gasteiger partial charge in [-0.3, -0.25) is 6.08 Å². The van der Waals surface area contributed by atoms with Crippen LogP contribution in [0.4, 0.5) is 0 Å². The van der Waals surface area contributed by atoms with Crippen LogP contribution in [0.3, 0.4) is 0 Å². The van der Waals surface area contributed by atoms with E-state index >= 15 is 0 Å². The van der Waals surface area contributed by atoms with Crippen molar-refractivity contribution in [3.05, 3.63) is 150 Å². The van der Waals surface area contributed by atoms with Crippen molar-refractivity contribution in [2.24, 2.45) is 0 Å². The van der Waals surface area contributed by atoms with Gasteiger partial charge in [0, 0.05) is 8.07 Å². The average Bonchev–Trinajstić information content (AvgIpc) is 3.47. The van der Waals surface area contributed by atoms with Gasteiger partial charge in [0.2, 0.25) is 0 Å². The number of halogens is 2. The van der Waals surface area contributed by atoms with Crippen molar-refractivity contribution in [3.63, 3.8) is 0 Å². The minimum absolute atomic E-state index is 0. The van der Waals surface area contributed by atoms with Crippen LogP contribution in [0.2, 0.25) is 19.6 Å². The van der Waals surface area contributed by atoms with Gasteiger partial charge in [-0.1, -0.05) is 62.1 Å². The number of benzene rings is 4. The zero-order valence-corrected chi connectivity index (χ0v) is 26.1. The third kappa shape index (κ3) is 11.1. The van der Waals surface area contributed by atoms with Gasteiger partial charge in [0.1, 0.15) is 5.75 Å². The van der Waals surface area contributed by atoms with Gasteiger partial charge >= 0.3 is 95.6 Å². The van der Waals surface area contributed by atoms with E-state index in [0.717, 1.165) is 17.5 Å². The van der Waals surface area contributed by atoms with Gasteiger partial charge in [-0.2, -0.15) is 6.08 Å². The molecule has 0 heterocycles. The average molecular weight is 592 g/mol. The van der Waals surface area contributed by atoms with Gasteiger partial charge in [0.15, 0.2) is 0 Å². The van der Waals surface area contributed by atoms with E-state index < -0.39 is 8.07 Å². The van der Waals surface area contributed by atoms with Crippen LogP contribution in [0, 0.1) is 6.08 Å². The molecule has 195 valence electrons. The molecular formula is C33H33Cl2OSiTi-2.